The minimum atomic E-state index is -1.61. The van der Waals surface area contributed by atoms with Crippen LogP contribution in [0.15, 0.2) is 22.7 Å². The highest BCUT2D eigenvalue weighted by Gasteiger charge is 2.14. The van der Waals surface area contributed by atoms with Gasteiger partial charge in [0.25, 0.3) is 0 Å². The molecular weight excluding hydrogens is 316 g/mol. The van der Waals surface area contributed by atoms with E-state index in [0.29, 0.717) is 5.69 Å². The molecule has 0 fully saturated rings. The summed E-state index contributed by atoms with van der Waals surface area (Å²) >= 11 is 3.34. The number of carboxylic acids is 1. The number of urea groups is 1. The topological polar surface area (TPSA) is 98.7 Å². The van der Waals surface area contributed by atoms with Gasteiger partial charge in [0.1, 0.15) is 0 Å². The number of benzene rings is 1. The van der Waals surface area contributed by atoms with Gasteiger partial charge in [0.05, 0.1) is 6.54 Å². The molecule has 0 heterocycles. The Bertz CT molecular complexity index is 479. The van der Waals surface area contributed by atoms with Crippen molar-refractivity contribution in [3.05, 3.63) is 28.2 Å². The smallest absolute Gasteiger partial charge is 0.334 e. The summed E-state index contributed by atoms with van der Waals surface area (Å²) in [4.78, 5) is 21.9. The third-order valence-electron chi connectivity index (χ3n) is 2.44. The van der Waals surface area contributed by atoms with Crippen molar-refractivity contribution in [2.75, 3.05) is 11.9 Å². The first-order chi connectivity index (χ1) is 8.93. The summed E-state index contributed by atoms with van der Waals surface area (Å²) < 4.78 is 0.914. The van der Waals surface area contributed by atoms with Crippen molar-refractivity contribution >= 4 is 33.6 Å². The standard InChI is InChI=1S/C12H15BrN2O4/c1-2-7-5-8(13)3-4-9(7)15-12(19)14-6-10(16)11(17)18/h3-5,10,16H,2,6H2,1H3,(H,17,18)(H2,14,15,19). The number of anilines is 1. The molecule has 19 heavy (non-hydrogen) atoms. The molecule has 1 aromatic carbocycles. The number of aryl methyl sites for hydroxylation is 1. The zero-order chi connectivity index (χ0) is 14.4. The highest BCUT2D eigenvalue weighted by Crippen LogP contribution is 2.21. The normalized spacial score (nSPS) is 11.7. The lowest BCUT2D eigenvalue weighted by Gasteiger charge is -2.12. The van der Waals surface area contributed by atoms with Gasteiger partial charge in [0, 0.05) is 10.2 Å². The maximum Gasteiger partial charge on any atom is 0.334 e. The molecule has 0 spiro atoms. The number of carbonyl (C=O) groups is 2. The van der Waals surface area contributed by atoms with Gasteiger partial charge in [-0.15, -0.1) is 0 Å². The Hall–Kier alpha value is -1.60. The van der Waals surface area contributed by atoms with Gasteiger partial charge in [-0.1, -0.05) is 22.9 Å². The predicted octanol–water partition coefficient (Wildman–Crippen LogP) is 1.58. The molecule has 1 rings (SSSR count). The van der Waals surface area contributed by atoms with Crippen molar-refractivity contribution in [2.24, 2.45) is 0 Å². The summed E-state index contributed by atoms with van der Waals surface area (Å²) in [5.41, 5.74) is 1.59. The average molecular weight is 331 g/mol. The predicted molar refractivity (Wildman–Crippen MR) is 74.2 cm³/mol. The van der Waals surface area contributed by atoms with E-state index in [-0.39, 0.29) is 6.54 Å². The highest BCUT2D eigenvalue weighted by atomic mass is 79.9. The van der Waals surface area contributed by atoms with E-state index in [4.69, 9.17) is 10.2 Å². The van der Waals surface area contributed by atoms with Crippen molar-refractivity contribution < 1.29 is 19.8 Å². The molecule has 0 bridgehead atoms. The molecule has 104 valence electrons. The first-order valence-corrected chi connectivity index (χ1v) is 6.47. The van der Waals surface area contributed by atoms with E-state index in [2.05, 4.69) is 26.6 Å². The molecular formula is C12H15BrN2O4. The number of nitrogens with one attached hydrogen (secondary N) is 2. The molecule has 0 radical (unpaired) electrons. The quantitative estimate of drug-likeness (QED) is 0.658. The van der Waals surface area contributed by atoms with Crippen molar-refractivity contribution in [1.82, 2.24) is 5.32 Å². The third kappa shape index (κ3) is 4.88. The zero-order valence-corrected chi connectivity index (χ0v) is 11.9. The molecule has 1 aromatic rings. The number of carboxylic acid groups (broad SMARTS) is 1. The molecule has 0 aliphatic carbocycles. The first-order valence-electron chi connectivity index (χ1n) is 5.68. The number of amides is 2. The summed E-state index contributed by atoms with van der Waals surface area (Å²) in [6.07, 6.45) is -0.867. The molecule has 0 saturated carbocycles. The van der Waals surface area contributed by atoms with Gasteiger partial charge < -0.3 is 20.8 Å². The second kappa shape index (κ2) is 7.10. The van der Waals surface area contributed by atoms with Gasteiger partial charge in [0.15, 0.2) is 6.10 Å². The Labute approximate surface area is 118 Å². The summed E-state index contributed by atoms with van der Waals surface area (Å²) in [6.45, 7) is 1.61. The number of hydrogen-bond acceptors (Lipinski definition) is 3. The average Bonchev–Trinajstić information content (AvgIpc) is 2.37. The summed E-state index contributed by atoms with van der Waals surface area (Å²) in [5, 5.41) is 22.4. The van der Waals surface area contributed by atoms with Crippen LogP contribution in [0.3, 0.4) is 0 Å². The fourth-order valence-electron chi connectivity index (χ4n) is 1.42. The lowest BCUT2D eigenvalue weighted by Crippen LogP contribution is -2.38. The number of aliphatic hydroxyl groups excluding tert-OH is 1. The van der Waals surface area contributed by atoms with Crippen LogP contribution in [0.5, 0.6) is 0 Å². The van der Waals surface area contributed by atoms with Crippen molar-refractivity contribution in [3.63, 3.8) is 0 Å². The molecule has 0 saturated heterocycles. The van der Waals surface area contributed by atoms with E-state index in [0.717, 1.165) is 16.5 Å². The Morgan fingerprint density at radius 1 is 1.42 bits per heavy atom. The fourth-order valence-corrected chi connectivity index (χ4v) is 1.83. The fraction of sp³-hybridized carbons (Fsp3) is 0.333. The van der Waals surface area contributed by atoms with Gasteiger partial charge in [-0.3, -0.25) is 0 Å². The summed E-state index contributed by atoms with van der Waals surface area (Å²) in [5.74, 6) is -1.38. The molecule has 1 atom stereocenters. The van der Waals surface area contributed by atoms with Crippen LogP contribution in [0.1, 0.15) is 12.5 Å². The minimum Gasteiger partial charge on any atom is -0.479 e. The Morgan fingerprint density at radius 3 is 2.68 bits per heavy atom. The largest absolute Gasteiger partial charge is 0.479 e. The van der Waals surface area contributed by atoms with Crippen LogP contribution in [0.4, 0.5) is 10.5 Å². The number of hydrogen-bond donors (Lipinski definition) is 4. The number of halogens is 1. The van der Waals surface area contributed by atoms with Crippen molar-refractivity contribution in [1.29, 1.82) is 0 Å². The monoisotopic (exact) mass is 330 g/mol. The molecule has 6 nitrogen and oxygen atoms in total. The van der Waals surface area contributed by atoms with Crippen molar-refractivity contribution in [3.8, 4) is 0 Å². The summed E-state index contributed by atoms with van der Waals surface area (Å²) in [6, 6.07) is 4.87. The van der Waals surface area contributed by atoms with E-state index in [1.54, 1.807) is 12.1 Å². The summed E-state index contributed by atoms with van der Waals surface area (Å²) in [7, 11) is 0. The van der Waals surface area contributed by atoms with Crippen LogP contribution in [-0.4, -0.2) is 34.9 Å². The third-order valence-corrected chi connectivity index (χ3v) is 2.93. The molecule has 0 aliphatic heterocycles. The first kappa shape index (κ1) is 15.5. The van der Waals surface area contributed by atoms with E-state index in [9.17, 15) is 9.59 Å². The molecule has 0 aliphatic rings. The lowest BCUT2D eigenvalue weighted by molar-refractivity contribution is -0.146. The van der Waals surface area contributed by atoms with Crippen LogP contribution in [0, 0.1) is 0 Å². The maximum atomic E-state index is 11.6. The van der Waals surface area contributed by atoms with Crippen LogP contribution in [0.25, 0.3) is 0 Å². The molecule has 1 unspecified atom stereocenters. The van der Waals surface area contributed by atoms with Crippen LogP contribution >= 0.6 is 15.9 Å². The van der Waals surface area contributed by atoms with E-state index in [1.165, 1.54) is 0 Å². The van der Waals surface area contributed by atoms with Gasteiger partial charge in [-0.2, -0.15) is 0 Å². The molecule has 0 aromatic heterocycles. The number of carbonyl (C=O) groups excluding carboxylic acids is 1. The van der Waals surface area contributed by atoms with Crippen LogP contribution in [0.2, 0.25) is 0 Å². The second-order valence-corrected chi connectivity index (χ2v) is 4.76. The molecule has 4 N–H and O–H groups in total. The number of aliphatic carboxylic acids is 1. The number of aliphatic hydroxyl groups is 1. The van der Waals surface area contributed by atoms with Crippen LogP contribution in [-0.2, 0) is 11.2 Å². The van der Waals surface area contributed by atoms with Gasteiger partial charge in [-0.05, 0) is 30.2 Å². The van der Waals surface area contributed by atoms with Gasteiger partial charge in [0.2, 0.25) is 0 Å². The lowest BCUT2D eigenvalue weighted by atomic mass is 10.1. The Morgan fingerprint density at radius 2 is 2.11 bits per heavy atom. The van der Waals surface area contributed by atoms with E-state index < -0.39 is 18.1 Å². The number of rotatable bonds is 5. The SMILES string of the molecule is CCc1cc(Br)ccc1NC(=O)NCC(O)C(=O)O. The second-order valence-electron chi connectivity index (χ2n) is 3.84. The highest BCUT2D eigenvalue weighted by molar-refractivity contribution is 9.10. The zero-order valence-electron chi connectivity index (χ0n) is 10.3. The Balaban J connectivity index is 2.60. The van der Waals surface area contributed by atoms with Crippen LogP contribution < -0.4 is 10.6 Å². The molecule has 7 heteroatoms. The van der Waals surface area contributed by atoms with E-state index >= 15 is 0 Å². The van der Waals surface area contributed by atoms with E-state index in [1.807, 2.05) is 13.0 Å². The minimum absolute atomic E-state index is 0.348. The Kier molecular flexibility index (Phi) is 5.78. The molecule has 2 amide bonds. The van der Waals surface area contributed by atoms with Crippen molar-refractivity contribution in [2.45, 2.75) is 19.4 Å². The van der Waals surface area contributed by atoms with Gasteiger partial charge in [-0.25, -0.2) is 9.59 Å². The maximum absolute atomic E-state index is 11.6. The van der Waals surface area contributed by atoms with Gasteiger partial charge >= 0.3 is 12.0 Å².